The summed E-state index contributed by atoms with van der Waals surface area (Å²) >= 11 is 0. The van der Waals surface area contributed by atoms with Gasteiger partial charge in [-0.1, -0.05) is 6.92 Å². The Labute approximate surface area is 69.1 Å². The molecule has 0 bridgehead atoms. The molecular weight excluding hydrogens is 218 g/mol. The first kappa shape index (κ1) is 12.0. The Kier molecular flexibility index (Phi) is 4.91. The summed E-state index contributed by atoms with van der Waals surface area (Å²) in [5, 5.41) is -1.70. The van der Waals surface area contributed by atoms with E-state index in [2.05, 4.69) is 0 Å². The van der Waals surface area contributed by atoms with Gasteiger partial charge in [-0.3, -0.25) is 0 Å². The van der Waals surface area contributed by atoms with Crippen molar-refractivity contribution in [3.63, 3.8) is 0 Å². The third-order valence-corrected chi connectivity index (χ3v) is 6.66. The monoisotopic (exact) mass is 226 g/mol. The predicted molar refractivity (Wildman–Crippen MR) is 37.9 cm³/mol. The van der Waals surface area contributed by atoms with E-state index in [0.29, 0.717) is 0 Å². The second-order valence-corrected chi connectivity index (χ2v) is 8.08. The van der Waals surface area contributed by atoms with E-state index >= 15 is 0 Å². The lowest BCUT2D eigenvalue weighted by molar-refractivity contribution is 0.212. The molecule has 0 nitrogen and oxygen atoms in total. The summed E-state index contributed by atoms with van der Waals surface area (Å²) in [6.45, 7) is 0.812. The Balaban J connectivity index is 4.08. The zero-order chi connectivity index (χ0) is 9.89. The Hall–Kier alpha value is 0.0138. The molecule has 8 heteroatoms. The van der Waals surface area contributed by atoms with Crippen molar-refractivity contribution in [1.29, 1.82) is 0 Å². The van der Waals surface area contributed by atoms with E-state index in [1.54, 1.807) is 0 Å². The van der Waals surface area contributed by atoms with Crippen LogP contribution in [0.3, 0.4) is 0 Å². The third-order valence-electron chi connectivity index (χ3n) is 1.49. The molecule has 0 spiro atoms. The van der Waals surface area contributed by atoms with Crippen molar-refractivity contribution >= 4 is 18.3 Å². The smallest absolute Gasteiger partial charge is 0.307 e. The fourth-order valence-corrected chi connectivity index (χ4v) is 3.97. The molecule has 0 N–H and O–H groups in total. The van der Waals surface area contributed by atoms with Crippen LogP contribution in [-0.2, 0) is 0 Å². The second-order valence-electron chi connectivity index (χ2n) is 2.42. The molecule has 12 heavy (non-hydrogen) atoms. The minimum absolute atomic E-state index is 0.812. The van der Waals surface area contributed by atoms with Crippen molar-refractivity contribution in [2.75, 3.05) is 0 Å². The third kappa shape index (κ3) is 3.17. The molecule has 0 aromatic carbocycles. The lowest BCUT2D eigenvalue weighted by Gasteiger charge is -2.15. The summed E-state index contributed by atoms with van der Waals surface area (Å²) < 4.78 is 71.2. The van der Waals surface area contributed by atoms with Crippen LogP contribution >= 0.6 is 0 Å². The lowest BCUT2D eigenvalue weighted by Crippen LogP contribution is -2.36. The van der Waals surface area contributed by atoms with Crippen LogP contribution in [-0.4, -0.2) is 30.4 Å². The van der Waals surface area contributed by atoms with Crippen LogP contribution in [0.2, 0.25) is 5.16 Å². The molecular formula is C4H8F6Si2. The molecule has 0 aliphatic carbocycles. The highest BCUT2D eigenvalue weighted by atomic mass is 28.4. The number of hydrogen-bond acceptors (Lipinski definition) is 0. The van der Waals surface area contributed by atoms with Gasteiger partial charge in [0, 0.05) is 5.16 Å². The number of alkyl halides is 4. The van der Waals surface area contributed by atoms with Gasteiger partial charge in [-0.05, 0) is 0 Å². The van der Waals surface area contributed by atoms with E-state index < -0.39 is 35.5 Å². The van der Waals surface area contributed by atoms with E-state index in [1.807, 2.05) is 0 Å². The van der Waals surface area contributed by atoms with Gasteiger partial charge in [0.15, 0.2) is 0 Å². The van der Waals surface area contributed by atoms with Crippen molar-refractivity contribution in [2.24, 2.45) is 0 Å². The first-order valence-corrected chi connectivity index (χ1v) is 6.76. The Morgan fingerprint density at radius 3 is 1.25 bits per heavy atom. The molecule has 2 atom stereocenters. The van der Waals surface area contributed by atoms with Crippen LogP contribution in [0.4, 0.5) is 25.8 Å². The Morgan fingerprint density at radius 1 is 0.833 bits per heavy atom. The van der Waals surface area contributed by atoms with Gasteiger partial charge in [0.25, 0.3) is 12.1 Å². The van der Waals surface area contributed by atoms with Crippen LogP contribution in [0.25, 0.3) is 0 Å². The summed E-state index contributed by atoms with van der Waals surface area (Å²) in [6, 6.07) is -6.49. The van der Waals surface area contributed by atoms with Crippen LogP contribution < -0.4 is 0 Å². The largest absolute Gasteiger partial charge is 0.311 e. The Morgan fingerprint density at radius 2 is 1.08 bits per heavy atom. The van der Waals surface area contributed by atoms with E-state index in [1.165, 1.54) is 0 Å². The molecule has 0 amide bonds. The van der Waals surface area contributed by atoms with Gasteiger partial charge in [-0.25, -0.2) is 17.6 Å². The quantitative estimate of drug-likeness (QED) is 0.390. The molecule has 0 aliphatic rings. The second kappa shape index (κ2) is 4.90. The first-order valence-electron chi connectivity index (χ1n) is 3.22. The molecule has 0 saturated heterocycles. The normalized spacial score (nSPS) is 19.8. The highest BCUT2D eigenvalue weighted by Crippen LogP contribution is 2.24. The molecule has 0 saturated carbocycles. The lowest BCUT2D eigenvalue weighted by atomic mass is 10.9. The van der Waals surface area contributed by atoms with E-state index in [4.69, 9.17) is 0 Å². The molecule has 0 aliphatic heterocycles. The van der Waals surface area contributed by atoms with Crippen molar-refractivity contribution in [2.45, 2.75) is 24.2 Å². The van der Waals surface area contributed by atoms with Crippen molar-refractivity contribution in [1.82, 2.24) is 0 Å². The fraction of sp³-hybridized carbons (Fsp3) is 1.00. The summed E-state index contributed by atoms with van der Waals surface area (Å²) in [6.07, 6.45) is 0. The van der Waals surface area contributed by atoms with Gasteiger partial charge in [-0.2, -0.15) is 0 Å². The molecule has 2 unspecified atom stereocenters. The minimum Gasteiger partial charge on any atom is -0.311 e. The maximum Gasteiger partial charge on any atom is 0.307 e. The maximum atomic E-state index is 12.4. The van der Waals surface area contributed by atoms with E-state index in [0.717, 1.165) is 6.92 Å². The minimum atomic E-state index is -4.11. The van der Waals surface area contributed by atoms with Gasteiger partial charge in [0.05, 0.1) is 0 Å². The zero-order valence-corrected chi connectivity index (χ0v) is 8.46. The number of rotatable bonds is 4. The van der Waals surface area contributed by atoms with Gasteiger partial charge >= 0.3 is 18.3 Å². The summed E-state index contributed by atoms with van der Waals surface area (Å²) in [4.78, 5) is 0. The average molecular weight is 226 g/mol. The zero-order valence-electron chi connectivity index (χ0n) is 6.15. The van der Waals surface area contributed by atoms with Crippen LogP contribution in [0.15, 0.2) is 0 Å². The van der Waals surface area contributed by atoms with Gasteiger partial charge in [-0.15, -0.1) is 0 Å². The van der Waals surface area contributed by atoms with E-state index in [9.17, 15) is 25.8 Å². The van der Waals surface area contributed by atoms with Crippen molar-refractivity contribution in [3.8, 4) is 0 Å². The molecule has 0 rings (SSSR count). The average Bonchev–Trinajstić information content (AvgIpc) is 2.00. The van der Waals surface area contributed by atoms with Crippen molar-refractivity contribution < 1.29 is 25.8 Å². The highest BCUT2D eigenvalue weighted by molar-refractivity contribution is 6.74. The van der Waals surface area contributed by atoms with Crippen LogP contribution in [0.1, 0.15) is 6.92 Å². The molecule has 0 heterocycles. The number of hydrogen-bond donors (Lipinski definition) is 0. The predicted octanol–water partition coefficient (Wildman–Crippen LogP) is 1.91. The molecule has 0 radical (unpaired) electrons. The maximum absolute atomic E-state index is 12.4. The first-order chi connectivity index (χ1) is 5.37. The Bertz CT molecular complexity index is 117. The number of halogens is 6. The summed E-state index contributed by atoms with van der Waals surface area (Å²) in [7, 11) is -8.22. The fourth-order valence-electron chi connectivity index (χ4n) is 0.635. The van der Waals surface area contributed by atoms with Crippen molar-refractivity contribution in [3.05, 3.63) is 0 Å². The summed E-state index contributed by atoms with van der Waals surface area (Å²) in [5.74, 6) is 0. The highest BCUT2D eigenvalue weighted by Gasteiger charge is 2.41. The SMILES string of the molecule is CC([SiH](F)C(F)F)[SiH](F)C(F)F. The summed E-state index contributed by atoms with van der Waals surface area (Å²) in [5.41, 5.74) is 0. The van der Waals surface area contributed by atoms with E-state index in [-0.39, 0.29) is 0 Å². The molecule has 74 valence electrons. The molecule has 0 aromatic heterocycles. The standard InChI is InChI=1S/C4H8F6Si2/c1-2(11(9)3(5)6)12(10)4(7)8/h2-4,11-12H,1H3. The van der Waals surface area contributed by atoms with Crippen LogP contribution in [0, 0.1) is 0 Å². The van der Waals surface area contributed by atoms with Gasteiger partial charge in [0.2, 0.25) is 0 Å². The van der Waals surface area contributed by atoms with Gasteiger partial charge in [0.1, 0.15) is 0 Å². The van der Waals surface area contributed by atoms with Gasteiger partial charge < -0.3 is 8.22 Å². The molecule has 0 aromatic rings. The topological polar surface area (TPSA) is 0 Å². The van der Waals surface area contributed by atoms with Crippen LogP contribution in [0.5, 0.6) is 0 Å². The molecule has 0 fully saturated rings.